The van der Waals surface area contributed by atoms with Gasteiger partial charge in [0.15, 0.2) is 12.2 Å². The molecule has 27 heavy (non-hydrogen) atoms. The van der Waals surface area contributed by atoms with Gasteiger partial charge in [0.25, 0.3) is 5.91 Å². The third-order valence-electron chi connectivity index (χ3n) is 3.04. The van der Waals surface area contributed by atoms with Gasteiger partial charge in [-0.15, -0.1) is 0 Å². The van der Waals surface area contributed by atoms with Crippen LogP contribution in [0, 0.1) is 0 Å². The van der Waals surface area contributed by atoms with Gasteiger partial charge in [0, 0.05) is 12.7 Å². The predicted octanol–water partition coefficient (Wildman–Crippen LogP) is -0.606. The van der Waals surface area contributed by atoms with Gasteiger partial charge >= 0.3 is 11.9 Å². The number of amides is 1. The Bertz CT molecular complexity index is 723. The number of aliphatic hydroxyl groups excluding tert-OH is 2. The normalized spacial score (nSPS) is 12.1. The minimum Gasteiger partial charge on any atom is -0.479 e. The van der Waals surface area contributed by atoms with Gasteiger partial charge in [-0.1, -0.05) is 36.4 Å². The molecule has 2 rings (SSSR count). The second-order valence-electron chi connectivity index (χ2n) is 5.07. The molecule has 144 valence electrons. The van der Waals surface area contributed by atoms with Crippen LogP contribution in [-0.4, -0.2) is 55.5 Å². The van der Waals surface area contributed by atoms with Gasteiger partial charge < -0.3 is 20.4 Å². The minimum absolute atomic E-state index is 0.235. The Morgan fingerprint density at radius 1 is 0.889 bits per heavy atom. The lowest BCUT2D eigenvalue weighted by atomic mass is 10.2. The number of carbonyl (C=O) groups excluding carboxylic acids is 1. The molecule has 1 heterocycles. The van der Waals surface area contributed by atoms with E-state index in [0.717, 1.165) is 5.56 Å². The first kappa shape index (κ1) is 21.7. The summed E-state index contributed by atoms with van der Waals surface area (Å²) in [6.45, 7) is 0.583. The van der Waals surface area contributed by atoms with Gasteiger partial charge in [-0.05, 0) is 17.7 Å². The van der Waals surface area contributed by atoms with Crippen LogP contribution in [0.1, 0.15) is 16.1 Å². The van der Waals surface area contributed by atoms with Crippen LogP contribution < -0.4 is 10.9 Å². The lowest BCUT2D eigenvalue weighted by Crippen LogP contribution is -2.39. The van der Waals surface area contributed by atoms with Crippen LogP contribution in [0.25, 0.3) is 0 Å². The van der Waals surface area contributed by atoms with Crippen molar-refractivity contribution in [2.75, 3.05) is 0 Å². The van der Waals surface area contributed by atoms with E-state index in [1.54, 1.807) is 24.4 Å². The molecule has 1 amide bonds. The van der Waals surface area contributed by atoms with Crippen molar-refractivity contribution in [1.82, 2.24) is 15.8 Å². The smallest absolute Gasteiger partial charge is 0.335 e. The number of aliphatic carboxylic acids is 2. The molecule has 10 heteroatoms. The molecule has 6 N–H and O–H groups in total. The Hall–Kier alpha value is -3.34. The Balaban J connectivity index is 0.000000314. The molecule has 0 spiro atoms. The van der Waals surface area contributed by atoms with Gasteiger partial charge in [0.05, 0.1) is 0 Å². The van der Waals surface area contributed by atoms with Crippen LogP contribution in [0.4, 0.5) is 0 Å². The highest BCUT2D eigenvalue weighted by atomic mass is 16.4. The maximum atomic E-state index is 11.6. The van der Waals surface area contributed by atoms with Crippen molar-refractivity contribution in [3.05, 3.63) is 66.0 Å². The number of pyridine rings is 1. The van der Waals surface area contributed by atoms with Crippen molar-refractivity contribution in [2.24, 2.45) is 0 Å². The summed E-state index contributed by atoms with van der Waals surface area (Å²) in [4.78, 5) is 35.1. The largest absolute Gasteiger partial charge is 0.479 e. The number of rotatable bonds is 7. The summed E-state index contributed by atoms with van der Waals surface area (Å²) in [7, 11) is 0. The van der Waals surface area contributed by atoms with E-state index in [-0.39, 0.29) is 5.91 Å². The third kappa shape index (κ3) is 8.05. The van der Waals surface area contributed by atoms with Crippen molar-refractivity contribution in [1.29, 1.82) is 0 Å². The van der Waals surface area contributed by atoms with Crippen LogP contribution in [0.5, 0.6) is 0 Å². The number of carbonyl (C=O) groups is 3. The average Bonchev–Trinajstić information content (AvgIpc) is 2.68. The molecule has 1 aromatic heterocycles. The number of aliphatic hydroxyl groups is 2. The molecule has 0 aliphatic rings. The van der Waals surface area contributed by atoms with Crippen molar-refractivity contribution < 1.29 is 34.8 Å². The summed E-state index contributed by atoms with van der Waals surface area (Å²) in [6.07, 6.45) is -2.94. The fourth-order valence-electron chi connectivity index (χ4n) is 1.65. The van der Waals surface area contributed by atoms with E-state index < -0.39 is 24.1 Å². The van der Waals surface area contributed by atoms with Gasteiger partial charge in [0.2, 0.25) is 0 Å². The number of hydrogen-bond donors (Lipinski definition) is 6. The Morgan fingerprint density at radius 2 is 1.44 bits per heavy atom. The zero-order valence-corrected chi connectivity index (χ0v) is 14.0. The van der Waals surface area contributed by atoms with Gasteiger partial charge in [-0.3, -0.25) is 15.2 Å². The van der Waals surface area contributed by atoms with E-state index in [9.17, 15) is 14.4 Å². The Labute approximate surface area is 154 Å². The highest BCUT2D eigenvalue weighted by Gasteiger charge is 2.29. The highest BCUT2D eigenvalue weighted by molar-refractivity contribution is 5.91. The minimum atomic E-state index is -2.27. The van der Waals surface area contributed by atoms with Gasteiger partial charge in [0.1, 0.15) is 5.69 Å². The molecule has 2 aromatic rings. The molecule has 0 fully saturated rings. The lowest BCUT2D eigenvalue weighted by molar-refractivity contribution is -0.165. The molecular weight excluding hydrogens is 358 g/mol. The molecular formula is C17H19N3O7. The predicted molar refractivity (Wildman–Crippen MR) is 92.3 cm³/mol. The quantitative estimate of drug-likeness (QED) is 0.345. The second kappa shape index (κ2) is 11.3. The zero-order chi connectivity index (χ0) is 20.2. The first-order chi connectivity index (χ1) is 12.8. The van der Waals surface area contributed by atoms with Crippen molar-refractivity contribution >= 4 is 17.8 Å². The molecule has 0 aliphatic heterocycles. The highest BCUT2D eigenvalue weighted by Crippen LogP contribution is 1.97. The maximum absolute atomic E-state index is 11.6. The summed E-state index contributed by atoms with van der Waals surface area (Å²) in [5, 5.41) is 32.5. The number of benzene rings is 1. The first-order valence-corrected chi connectivity index (χ1v) is 7.62. The molecule has 0 saturated heterocycles. The fourth-order valence-corrected chi connectivity index (χ4v) is 1.65. The monoisotopic (exact) mass is 377 g/mol. The summed E-state index contributed by atoms with van der Waals surface area (Å²) in [6, 6.07) is 15.1. The van der Waals surface area contributed by atoms with Crippen molar-refractivity contribution in [3.63, 3.8) is 0 Å². The van der Waals surface area contributed by atoms with E-state index in [2.05, 4.69) is 15.8 Å². The Morgan fingerprint density at radius 3 is 1.93 bits per heavy atom. The standard InChI is InChI=1S/C13H13N3O.C4H6O6/c17-13(12-8-4-5-9-14-12)16-15-10-11-6-2-1-3-7-11;5-1(3(7)8)2(6)4(9)10/h1-9,15H,10H2,(H,16,17);1-2,5-6H,(H,7,8)(H,9,10). The number of nitrogens with zero attached hydrogens (tertiary/aromatic N) is 1. The summed E-state index contributed by atoms with van der Waals surface area (Å²) in [5.74, 6) is -3.77. The molecule has 0 bridgehead atoms. The number of hydrazine groups is 1. The number of carboxylic acids is 2. The van der Waals surface area contributed by atoms with Crippen LogP contribution in [0.15, 0.2) is 54.7 Å². The SMILES string of the molecule is O=C(NNCc1ccccc1)c1ccccn1.O=C(O)C(O)C(O)C(=O)O. The van der Waals surface area contributed by atoms with E-state index in [0.29, 0.717) is 12.2 Å². The summed E-state index contributed by atoms with van der Waals surface area (Å²) < 4.78 is 0. The maximum Gasteiger partial charge on any atom is 0.335 e. The average molecular weight is 377 g/mol. The first-order valence-electron chi connectivity index (χ1n) is 7.62. The molecule has 0 saturated carbocycles. The van der Waals surface area contributed by atoms with Crippen LogP contribution in [0.3, 0.4) is 0 Å². The fraction of sp³-hybridized carbons (Fsp3) is 0.176. The van der Waals surface area contributed by atoms with Crippen LogP contribution >= 0.6 is 0 Å². The molecule has 2 unspecified atom stereocenters. The molecule has 0 aliphatic carbocycles. The number of aromatic nitrogens is 1. The van der Waals surface area contributed by atoms with E-state index in [1.165, 1.54) is 0 Å². The molecule has 0 radical (unpaired) electrons. The molecule has 10 nitrogen and oxygen atoms in total. The molecule has 2 atom stereocenters. The molecule has 1 aromatic carbocycles. The summed E-state index contributed by atoms with van der Waals surface area (Å²) >= 11 is 0. The third-order valence-corrected chi connectivity index (χ3v) is 3.04. The van der Waals surface area contributed by atoms with E-state index >= 15 is 0 Å². The topological polar surface area (TPSA) is 169 Å². The number of hydrogen-bond acceptors (Lipinski definition) is 7. The van der Waals surface area contributed by atoms with Crippen molar-refractivity contribution in [2.45, 2.75) is 18.8 Å². The van der Waals surface area contributed by atoms with E-state index in [4.69, 9.17) is 20.4 Å². The zero-order valence-electron chi connectivity index (χ0n) is 14.0. The van der Waals surface area contributed by atoms with Crippen LogP contribution in [0.2, 0.25) is 0 Å². The summed E-state index contributed by atoms with van der Waals surface area (Å²) in [5.41, 5.74) is 6.96. The van der Waals surface area contributed by atoms with Crippen molar-refractivity contribution in [3.8, 4) is 0 Å². The van der Waals surface area contributed by atoms with E-state index in [1.807, 2.05) is 30.3 Å². The Kier molecular flexibility index (Phi) is 9.09. The second-order valence-corrected chi connectivity index (χ2v) is 5.07. The lowest BCUT2D eigenvalue weighted by Gasteiger charge is -2.07. The van der Waals surface area contributed by atoms with Gasteiger partial charge in [-0.25, -0.2) is 15.0 Å². The van der Waals surface area contributed by atoms with Gasteiger partial charge in [-0.2, -0.15) is 0 Å². The number of carboxylic acid groups (broad SMARTS) is 2. The number of nitrogens with one attached hydrogen (secondary N) is 2. The van der Waals surface area contributed by atoms with Crippen LogP contribution in [-0.2, 0) is 16.1 Å².